The first-order valence-electron chi connectivity index (χ1n) is 7.52. The fourth-order valence-corrected chi connectivity index (χ4v) is 2.28. The number of carboxylic acid groups (broad SMARTS) is 1. The Bertz CT molecular complexity index is 639. The molecule has 2 rings (SSSR count). The molecule has 140 valence electrons. The fourth-order valence-electron chi connectivity index (χ4n) is 2.28. The van der Waals surface area contributed by atoms with Crippen molar-refractivity contribution in [3.8, 4) is 0 Å². The lowest BCUT2D eigenvalue weighted by Gasteiger charge is -2.21. The number of nitrogens with one attached hydrogen (secondary N) is 1. The van der Waals surface area contributed by atoms with Gasteiger partial charge in [-0.25, -0.2) is 9.59 Å². The number of carbonyl (C=O) groups excluding carboxylic acids is 1. The van der Waals surface area contributed by atoms with Crippen LogP contribution >= 0.6 is 0 Å². The predicted octanol–water partition coefficient (Wildman–Crippen LogP) is 3.02. The Hall–Kier alpha value is -2.32. The van der Waals surface area contributed by atoms with Crippen LogP contribution < -0.4 is 5.32 Å². The molecule has 1 unspecified atom stereocenters. The molecule has 0 aliphatic heterocycles. The number of rotatable bonds is 1. The summed E-state index contributed by atoms with van der Waals surface area (Å²) in [5.74, 6) is -2.76. The Morgan fingerprint density at radius 1 is 1.28 bits per heavy atom. The molecule has 0 spiro atoms. The maximum atomic E-state index is 11.7. The summed E-state index contributed by atoms with van der Waals surface area (Å²) in [6, 6.07) is 2.15. The van der Waals surface area contributed by atoms with Gasteiger partial charge in [0, 0.05) is 17.9 Å². The van der Waals surface area contributed by atoms with Crippen molar-refractivity contribution < 1.29 is 32.6 Å². The van der Waals surface area contributed by atoms with Crippen LogP contribution in [0.5, 0.6) is 0 Å². The van der Waals surface area contributed by atoms with Crippen LogP contribution in [0, 0.1) is 6.92 Å². The molecule has 0 aromatic carbocycles. The molecular formula is C16H21F3N2O4. The molecule has 0 bridgehead atoms. The topological polar surface area (TPSA) is 88.5 Å². The molecule has 1 amide bonds. The van der Waals surface area contributed by atoms with Gasteiger partial charge in [0.1, 0.15) is 5.60 Å². The Morgan fingerprint density at radius 2 is 1.84 bits per heavy atom. The number of ether oxygens (including phenoxy) is 1. The molecule has 1 aromatic rings. The van der Waals surface area contributed by atoms with Gasteiger partial charge in [-0.3, -0.25) is 4.98 Å². The van der Waals surface area contributed by atoms with Crippen molar-refractivity contribution in [3.05, 3.63) is 29.1 Å². The van der Waals surface area contributed by atoms with Gasteiger partial charge >= 0.3 is 18.2 Å². The monoisotopic (exact) mass is 362 g/mol. The summed E-state index contributed by atoms with van der Waals surface area (Å²) in [4.78, 5) is 24.9. The molecule has 0 saturated heterocycles. The maximum absolute atomic E-state index is 11.7. The number of carboxylic acids is 1. The fraction of sp³-hybridized carbons (Fsp3) is 0.562. The van der Waals surface area contributed by atoms with Gasteiger partial charge in [0.15, 0.2) is 0 Å². The molecule has 9 heteroatoms. The third-order valence-electron chi connectivity index (χ3n) is 3.25. The lowest BCUT2D eigenvalue weighted by atomic mass is 10.1. The van der Waals surface area contributed by atoms with Gasteiger partial charge in [-0.2, -0.15) is 13.2 Å². The number of pyridine rings is 1. The van der Waals surface area contributed by atoms with Gasteiger partial charge in [-0.05, 0) is 57.7 Å². The Labute approximate surface area is 143 Å². The lowest BCUT2D eigenvalue weighted by Crippen LogP contribution is -2.39. The molecule has 6 nitrogen and oxygen atoms in total. The first-order chi connectivity index (χ1) is 11.3. The van der Waals surface area contributed by atoms with Crippen LogP contribution in [-0.2, 0) is 22.4 Å². The number of halogens is 3. The van der Waals surface area contributed by atoms with Crippen LogP contribution in [-0.4, -0.2) is 40.0 Å². The predicted molar refractivity (Wildman–Crippen MR) is 83.2 cm³/mol. The van der Waals surface area contributed by atoms with E-state index >= 15 is 0 Å². The van der Waals surface area contributed by atoms with Gasteiger partial charge < -0.3 is 15.2 Å². The van der Waals surface area contributed by atoms with E-state index in [4.69, 9.17) is 14.6 Å². The zero-order chi connectivity index (χ0) is 19.4. The number of fused-ring (bicyclic) bond motifs is 1. The van der Waals surface area contributed by atoms with Crippen LogP contribution in [0.2, 0.25) is 0 Å². The highest BCUT2D eigenvalue weighted by atomic mass is 19.4. The molecule has 1 atom stereocenters. The van der Waals surface area contributed by atoms with E-state index in [1.165, 1.54) is 11.1 Å². The minimum atomic E-state index is -5.08. The van der Waals surface area contributed by atoms with Crippen LogP contribution in [0.4, 0.5) is 18.0 Å². The standard InChI is InChI=1S/C14H20N2O2.C2HF3O2/c1-9-12-8-11(7-10(12)5-6-15-9)16-13(17)18-14(2,3)4;3-2(4,5)1(6)7/h5-6,11H,7-8H2,1-4H3,(H,16,17);(H,6,7). The number of alkyl halides is 3. The van der Waals surface area contributed by atoms with Gasteiger partial charge in [0.2, 0.25) is 0 Å². The normalized spacial score (nSPS) is 16.4. The molecule has 1 aliphatic rings. The van der Waals surface area contributed by atoms with E-state index in [0.29, 0.717) is 0 Å². The molecule has 2 N–H and O–H groups in total. The number of alkyl carbamates (subject to hydrolysis) is 1. The van der Waals surface area contributed by atoms with Crippen molar-refractivity contribution in [1.82, 2.24) is 10.3 Å². The minimum Gasteiger partial charge on any atom is -0.475 e. The number of nitrogens with zero attached hydrogens (tertiary/aromatic N) is 1. The van der Waals surface area contributed by atoms with Crippen molar-refractivity contribution >= 4 is 12.1 Å². The van der Waals surface area contributed by atoms with Crippen LogP contribution in [0.15, 0.2) is 12.3 Å². The number of aromatic nitrogens is 1. The summed E-state index contributed by atoms with van der Waals surface area (Å²) >= 11 is 0. The Balaban J connectivity index is 0.000000381. The van der Waals surface area contributed by atoms with Crippen molar-refractivity contribution in [2.75, 3.05) is 0 Å². The molecule has 1 aliphatic carbocycles. The van der Waals surface area contributed by atoms with E-state index in [1.54, 1.807) is 0 Å². The number of aryl methyl sites for hydroxylation is 1. The Kier molecular flexibility index (Phi) is 6.39. The molecule has 1 aromatic heterocycles. The van der Waals surface area contributed by atoms with E-state index in [2.05, 4.69) is 10.3 Å². The maximum Gasteiger partial charge on any atom is 0.490 e. The highest BCUT2D eigenvalue weighted by Crippen LogP contribution is 2.24. The summed E-state index contributed by atoms with van der Waals surface area (Å²) < 4.78 is 37.0. The van der Waals surface area contributed by atoms with E-state index < -0.39 is 17.7 Å². The first kappa shape index (κ1) is 20.7. The van der Waals surface area contributed by atoms with Crippen LogP contribution in [0.3, 0.4) is 0 Å². The summed E-state index contributed by atoms with van der Waals surface area (Å²) in [7, 11) is 0. The van der Waals surface area contributed by atoms with Gasteiger partial charge in [0.25, 0.3) is 0 Å². The zero-order valence-corrected chi connectivity index (χ0v) is 14.4. The van der Waals surface area contributed by atoms with Crippen LogP contribution in [0.25, 0.3) is 0 Å². The molecular weight excluding hydrogens is 341 g/mol. The zero-order valence-electron chi connectivity index (χ0n) is 14.4. The SMILES string of the molecule is Cc1nccc2c1CC(NC(=O)OC(C)(C)C)C2.O=C(O)C(F)(F)F. The molecule has 0 fully saturated rings. The van der Waals surface area contributed by atoms with E-state index in [0.717, 1.165) is 18.5 Å². The quantitative estimate of drug-likeness (QED) is 0.802. The highest BCUT2D eigenvalue weighted by molar-refractivity contribution is 5.73. The summed E-state index contributed by atoms with van der Waals surface area (Å²) in [5, 5.41) is 10.0. The second-order valence-corrected chi connectivity index (χ2v) is 6.59. The summed E-state index contributed by atoms with van der Waals surface area (Å²) in [6.07, 6.45) is -1.90. The minimum absolute atomic E-state index is 0.123. The molecule has 1 heterocycles. The highest BCUT2D eigenvalue weighted by Gasteiger charge is 2.38. The van der Waals surface area contributed by atoms with E-state index in [-0.39, 0.29) is 12.1 Å². The Morgan fingerprint density at radius 3 is 2.28 bits per heavy atom. The molecule has 0 radical (unpaired) electrons. The van der Waals surface area contributed by atoms with Gasteiger partial charge in [-0.1, -0.05) is 0 Å². The second kappa shape index (κ2) is 7.71. The third-order valence-corrected chi connectivity index (χ3v) is 3.25. The average molecular weight is 362 g/mol. The van der Waals surface area contributed by atoms with Crippen molar-refractivity contribution in [3.63, 3.8) is 0 Å². The van der Waals surface area contributed by atoms with Crippen molar-refractivity contribution in [2.45, 2.75) is 58.4 Å². The molecule has 25 heavy (non-hydrogen) atoms. The number of carbonyl (C=O) groups is 2. The number of hydrogen-bond donors (Lipinski definition) is 2. The number of aliphatic carboxylic acids is 1. The van der Waals surface area contributed by atoms with Crippen LogP contribution in [0.1, 0.15) is 37.6 Å². The summed E-state index contributed by atoms with van der Waals surface area (Å²) in [6.45, 7) is 7.60. The number of amides is 1. The van der Waals surface area contributed by atoms with E-state index in [1.807, 2.05) is 40.0 Å². The number of hydrogen-bond acceptors (Lipinski definition) is 4. The lowest BCUT2D eigenvalue weighted by molar-refractivity contribution is -0.192. The largest absolute Gasteiger partial charge is 0.490 e. The smallest absolute Gasteiger partial charge is 0.475 e. The average Bonchev–Trinajstić information content (AvgIpc) is 2.79. The van der Waals surface area contributed by atoms with Gasteiger partial charge in [-0.15, -0.1) is 0 Å². The van der Waals surface area contributed by atoms with Gasteiger partial charge in [0.05, 0.1) is 0 Å². The van der Waals surface area contributed by atoms with Crippen molar-refractivity contribution in [1.29, 1.82) is 0 Å². The van der Waals surface area contributed by atoms with E-state index in [9.17, 15) is 18.0 Å². The first-order valence-corrected chi connectivity index (χ1v) is 7.52. The van der Waals surface area contributed by atoms with Crippen molar-refractivity contribution in [2.24, 2.45) is 0 Å². The third kappa shape index (κ3) is 6.98. The second-order valence-electron chi connectivity index (χ2n) is 6.59. The summed E-state index contributed by atoms with van der Waals surface area (Å²) in [5.41, 5.74) is 3.15. The molecule has 0 saturated carbocycles.